The average molecular weight is 715 g/mol. The highest BCUT2D eigenvalue weighted by atomic mass is 19.4. The summed E-state index contributed by atoms with van der Waals surface area (Å²) in [7, 11) is 3.16. The van der Waals surface area contributed by atoms with Gasteiger partial charge >= 0.3 is 12.4 Å². The Labute approximate surface area is 290 Å². The number of alkyl halides is 6. The van der Waals surface area contributed by atoms with Crippen LogP contribution in [-0.2, 0) is 28.3 Å². The largest absolute Gasteiger partial charge is 0.493 e. The molecule has 2 aliphatic rings. The lowest BCUT2D eigenvalue weighted by Gasteiger charge is -2.29. The van der Waals surface area contributed by atoms with E-state index in [1.807, 2.05) is 13.8 Å². The van der Waals surface area contributed by atoms with Gasteiger partial charge in [0, 0.05) is 44.2 Å². The molecule has 1 N–H and O–H groups in total. The average Bonchev–Trinajstić information content (AvgIpc) is 3.80. The number of ether oxygens (including phenoxy) is 3. The second kappa shape index (κ2) is 17.3. The Kier molecular flexibility index (Phi) is 13.6. The lowest BCUT2D eigenvalue weighted by atomic mass is 9.82. The van der Waals surface area contributed by atoms with Crippen molar-refractivity contribution in [1.29, 1.82) is 0 Å². The summed E-state index contributed by atoms with van der Waals surface area (Å²) in [4.78, 5) is 28.8. The van der Waals surface area contributed by atoms with Crippen molar-refractivity contribution in [3.63, 3.8) is 0 Å². The highest BCUT2D eigenvalue weighted by molar-refractivity contribution is 5.98. The van der Waals surface area contributed by atoms with E-state index in [0.29, 0.717) is 68.3 Å². The molecule has 50 heavy (non-hydrogen) atoms. The lowest BCUT2D eigenvalue weighted by Crippen LogP contribution is -2.40. The van der Waals surface area contributed by atoms with Gasteiger partial charge in [-0.1, -0.05) is 20.3 Å². The summed E-state index contributed by atoms with van der Waals surface area (Å²) >= 11 is 0. The second-order valence-corrected chi connectivity index (χ2v) is 13.8. The lowest BCUT2D eigenvalue weighted by molar-refractivity contribution is -0.143. The van der Waals surface area contributed by atoms with Crippen LogP contribution in [0.15, 0.2) is 36.4 Å². The zero-order valence-corrected chi connectivity index (χ0v) is 29.1. The fraction of sp³-hybridized carbons (Fsp3) is 0.622. The third kappa shape index (κ3) is 10.8. The van der Waals surface area contributed by atoms with Gasteiger partial charge in [0.05, 0.1) is 31.3 Å². The highest BCUT2D eigenvalue weighted by Crippen LogP contribution is 2.38. The SMILES string of the molecule is COCCCOc1cc(C(=O)C(CCC[C@@H]2CNC[C@H]2CN(C(=O)Cc2cc(C(F)(F)F)cc(C(F)(F)F)c2)C2CC2)C(C)C)ccc1OC. The quantitative estimate of drug-likeness (QED) is 0.0964. The van der Waals surface area contributed by atoms with E-state index >= 15 is 0 Å². The molecule has 1 heterocycles. The molecule has 0 radical (unpaired) electrons. The number of Topliss-reactive ketones (excluding diaryl/α,β-unsaturated/α-hetero) is 1. The molecule has 4 rings (SSSR count). The van der Waals surface area contributed by atoms with Crippen LogP contribution in [0.25, 0.3) is 0 Å². The van der Waals surface area contributed by atoms with Crippen molar-refractivity contribution in [3.05, 3.63) is 58.7 Å². The van der Waals surface area contributed by atoms with Gasteiger partial charge in [-0.05, 0) is 98.5 Å². The fourth-order valence-corrected chi connectivity index (χ4v) is 6.74. The number of nitrogens with zero attached hydrogens (tertiary/aromatic N) is 1. The van der Waals surface area contributed by atoms with Gasteiger partial charge in [0.25, 0.3) is 0 Å². The smallest absolute Gasteiger partial charge is 0.416 e. The van der Waals surface area contributed by atoms with E-state index in [4.69, 9.17) is 14.2 Å². The van der Waals surface area contributed by atoms with Crippen LogP contribution in [0, 0.1) is 23.7 Å². The molecule has 2 fully saturated rings. The van der Waals surface area contributed by atoms with E-state index < -0.39 is 35.8 Å². The number of methoxy groups -OCH3 is 2. The zero-order valence-electron chi connectivity index (χ0n) is 29.1. The molecule has 0 spiro atoms. The summed E-state index contributed by atoms with van der Waals surface area (Å²) in [6.07, 6.45) is -6.08. The first-order valence-electron chi connectivity index (χ1n) is 17.2. The van der Waals surface area contributed by atoms with Crippen molar-refractivity contribution < 1.29 is 50.1 Å². The number of hydrogen-bond acceptors (Lipinski definition) is 6. The van der Waals surface area contributed by atoms with Gasteiger partial charge in [-0.3, -0.25) is 9.59 Å². The van der Waals surface area contributed by atoms with Crippen LogP contribution in [0.2, 0.25) is 0 Å². The topological polar surface area (TPSA) is 77.1 Å². The first kappa shape index (κ1) is 39.5. The Hall–Kier alpha value is -3.32. The summed E-state index contributed by atoms with van der Waals surface area (Å²) in [5.74, 6) is 0.725. The van der Waals surface area contributed by atoms with Crippen molar-refractivity contribution >= 4 is 11.7 Å². The summed E-state index contributed by atoms with van der Waals surface area (Å²) in [5.41, 5.74) is -2.61. The third-order valence-corrected chi connectivity index (χ3v) is 9.65. The highest BCUT2D eigenvalue weighted by Gasteiger charge is 2.39. The zero-order chi connectivity index (χ0) is 36.6. The fourth-order valence-electron chi connectivity index (χ4n) is 6.74. The Morgan fingerprint density at radius 2 is 1.54 bits per heavy atom. The number of rotatable bonds is 18. The van der Waals surface area contributed by atoms with Gasteiger partial charge in [-0.15, -0.1) is 0 Å². The van der Waals surface area contributed by atoms with Gasteiger partial charge < -0.3 is 24.4 Å². The molecular formula is C37H48F6N2O5. The molecule has 13 heteroatoms. The van der Waals surface area contributed by atoms with Gasteiger partial charge in [0.2, 0.25) is 5.91 Å². The van der Waals surface area contributed by atoms with E-state index in [0.717, 1.165) is 32.2 Å². The maximum atomic E-state index is 13.7. The summed E-state index contributed by atoms with van der Waals surface area (Å²) < 4.78 is 96.9. The molecule has 2 aromatic rings. The Morgan fingerprint density at radius 3 is 2.12 bits per heavy atom. The maximum absolute atomic E-state index is 13.7. The molecule has 0 bridgehead atoms. The molecule has 1 saturated carbocycles. The Bertz CT molecular complexity index is 1410. The van der Waals surface area contributed by atoms with Crippen molar-refractivity contribution in [2.75, 3.05) is 47.1 Å². The normalized spacial score (nSPS) is 18.7. The van der Waals surface area contributed by atoms with E-state index in [1.165, 1.54) is 0 Å². The Balaban J connectivity index is 1.38. The van der Waals surface area contributed by atoms with Crippen molar-refractivity contribution in [3.8, 4) is 11.5 Å². The molecule has 0 aromatic heterocycles. The maximum Gasteiger partial charge on any atom is 0.416 e. The number of benzene rings is 2. The standard InChI is InChI=1S/C37H48F6N2O5/c1-23(2)31(35(47)25-9-12-32(49-4)33(18-25)50-14-6-13-48-3)8-5-7-26-20-44-21-27(26)22-45(30-10-11-30)34(46)17-24-15-28(36(38,39)40)19-29(16-24)37(41,42)43/h9,12,15-16,18-19,23,26-27,30-31,44H,5-8,10-11,13-14,17,20-22H2,1-4H3/t26-,27+,31?/m1/s1. The number of amides is 1. The molecule has 2 aromatic carbocycles. The van der Waals surface area contributed by atoms with Crippen LogP contribution in [0.4, 0.5) is 26.3 Å². The minimum atomic E-state index is -4.98. The van der Waals surface area contributed by atoms with Crippen molar-refractivity contribution in [2.24, 2.45) is 23.7 Å². The number of halogens is 6. The molecule has 1 aliphatic heterocycles. The van der Waals surface area contributed by atoms with Gasteiger partial charge in [0.15, 0.2) is 17.3 Å². The van der Waals surface area contributed by atoms with E-state index in [-0.39, 0.29) is 47.1 Å². The first-order valence-corrected chi connectivity index (χ1v) is 17.2. The van der Waals surface area contributed by atoms with Crippen LogP contribution >= 0.6 is 0 Å². The third-order valence-electron chi connectivity index (χ3n) is 9.65. The molecule has 1 aliphatic carbocycles. The first-order chi connectivity index (χ1) is 23.6. The van der Waals surface area contributed by atoms with Gasteiger partial charge in [-0.2, -0.15) is 26.3 Å². The number of carbonyl (C=O) groups excluding carboxylic acids is 2. The number of hydrogen-bond donors (Lipinski definition) is 1. The van der Waals surface area contributed by atoms with Crippen LogP contribution in [0.1, 0.15) is 79.4 Å². The minimum Gasteiger partial charge on any atom is -0.493 e. The predicted octanol–water partition coefficient (Wildman–Crippen LogP) is 7.84. The van der Waals surface area contributed by atoms with Crippen LogP contribution < -0.4 is 14.8 Å². The van der Waals surface area contributed by atoms with Crippen molar-refractivity contribution in [1.82, 2.24) is 10.2 Å². The molecule has 1 saturated heterocycles. The van der Waals surface area contributed by atoms with E-state index in [9.17, 15) is 35.9 Å². The summed E-state index contributed by atoms with van der Waals surface area (Å²) in [6, 6.07) is 6.49. The van der Waals surface area contributed by atoms with Crippen LogP contribution in [-0.4, -0.2) is 69.7 Å². The van der Waals surface area contributed by atoms with Crippen LogP contribution in [0.5, 0.6) is 11.5 Å². The van der Waals surface area contributed by atoms with Crippen LogP contribution in [0.3, 0.4) is 0 Å². The summed E-state index contributed by atoms with van der Waals surface area (Å²) in [6.45, 7) is 6.76. The van der Waals surface area contributed by atoms with Gasteiger partial charge in [-0.25, -0.2) is 0 Å². The number of ketones is 1. The number of nitrogens with one attached hydrogen (secondary N) is 1. The molecule has 1 amide bonds. The minimum absolute atomic E-state index is 0.0271. The van der Waals surface area contributed by atoms with Crippen molar-refractivity contribution in [2.45, 2.75) is 77.2 Å². The molecule has 278 valence electrons. The van der Waals surface area contributed by atoms with Gasteiger partial charge in [0.1, 0.15) is 0 Å². The second-order valence-electron chi connectivity index (χ2n) is 13.8. The molecular weight excluding hydrogens is 666 g/mol. The molecule has 3 atom stereocenters. The van der Waals surface area contributed by atoms with E-state index in [1.54, 1.807) is 37.3 Å². The summed E-state index contributed by atoms with van der Waals surface area (Å²) in [5, 5.41) is 3.39. The monoisotopic (exact) mass is 714 g/mol. The molecule has 1 unspecified atom stereocenters. The Morgan fingerprint density at radius 1 is 0.880 bits per heavy atom. The molecule has 7 nitrogen and oxygen atoms in total. The predicted molar refractivity (Wildman–Crippen MR) is 176 cm³/mol. The van der Waals surface area contributed by atoms with E-state index in [2.05, 4.69) is 5.32 Å². The number of carbonyl (C=O) groups is 2.